The fourth-order valence-corrected chi connectivity index (χ4v) is 5.05. The number of rotatable bonds is 1. The van der Waals surface area contributed by atoms with Crippen LogP contribution in [0.2, 0.25) is 5.15 Å². The molecule has 3 unspecified atom stereocenters. The molecule has 1 N–H and O–H groups in total. The van der Waals surface area contributed by atoms with Crippen molar-refractivity contribution in [3.63, 3.8) is 0 Å². The number of fused-ring (bicyclic) bond motifs is 5. The lowest BCUT2D eigenvalue weighted by Crippen LogP contribution is -2.46. The molecule has 3 atom stereocenters. The second-order valence-corrected chi connectivity index (χ2v) is 7.82. The molecule has 0 spiro atoms. The van der Waals surface area contributed by atoms with Gasteiger partial charge in [0.15, 0.2) is 16.5 Å². The molecule has 0 bridgehead atoms. The van der Waals surface area contributed by atoms with E-state index in [2.05, 4.69) is 15.0 Å². The molecule has 1 saturated heterocycles. The van der Waals surface area contributed by atoms with Crippen LogP contribution in [-0.4, -0.2) is 56.3 Å². The summed E-state index contributed by atoms with van der Waals surface area (Å²) in [6.07, 6.45) is 4.48. The molecule has 2 aliphatic heterocycles. The van der Waals surface area contributed by atoms with E-state index in [1.165, 1.54) is 23.5 Å². The maximum atomic E-state index is 10.9. The van der Waals surface area contributed by atoms with Gasteiger partial charge in [0.1, 0.15) is 22.4 Å². The number of thioether (sulfide) groups is 1. The summed E-state index contributed by atoms with van der Waals surface area (Å²) < 4.78 is 13.2. The first-order valence-electron chi connectivity index (χ1n) is 7.68. The van der Waals surface area contributed by atoms with Crippen molar-refractivity contribution in [2.75, 3.05) is 19.5 Å². The predicted molar refractivity (Wildman–Crippen MR) is 93.2 cm³/mol. The summed E-state index contributed by atoms with van der Waals surface area (Å²) in [6.45, 7) is 1.12. The van der Waals surface area contributed by atoms with Crippen molar-refractivity contribution < 1.29 is 14.6 Å². The molecule has 2 aromatic heterocycles. The number of hydrogen-bond acceptors (Lipinski definition) is 8. The average Bonchev–Trinajstić information content (AvgIpc) is 2.96. The zero-order valence-corrected chi connectivity index (χ0v) is 15.4. The van der Waals surface area contributed by atoms with Gasteiger partial charge in [0.2, 0.25) is 0 Å². The Bertz CT molecular complexity index is 996. The van der Waals surface area contributed by atoms with Crippen LogP contribution in [0.5, 0.6) is 0 Å². The molecule has 0 aromatic carbocycles. The van der Waals surface area contributed by atoms with E-state index in [0.29, 0.717) is 34.1 Å². The smallest absolute Gasteiger partial charge is 0.189 e. The highest BCUT2D eigenvalue weighted by atomic mass is 35.5. The normalized spacial score (nSPS) is 26.6. The molecule has 1 fully saturated rings. The first-order valence-corrected chi connectivity index (χ1v) is 10.1. The van der Waals surface area contributed by atoms with E-state index < -0.39 is 6.23 Å². The lowest BCUT2D eigenvalue weighted by Gasteiger charge is -2.29. The standard InChI is InChI=1S/C15H13ClN4O3S2/c1-24-14-18-11(16)10-12(19-14)25-15-17-6-4-8-9(23-3-2-22-8)5-7(6)20(15)13(10)21/h4-5,8-9,13,21H,2-3H2,1H3. The van der Waals surface area contributed by atoms with Crippen LogP contribution in [0.4, 0.5) is 0 Å². The van der Waals surface area contributed by atoms with Gasteiger partial charge in [-0.25, -0.2) is 15.0 Å². The van der Waals surface area contributed by atoms with Crippen molar-refractivity contribution in [3.8, 4) is 0 Å². The van der Waals surface area contributed by atoms with Gasteiger partial charge < -0.3 is 14.6 Å². The van der Waals surface area contributed by atoms with Crippen LogP contribution < -0.4 is 10.7 Å². The molecule has 2 aromatic rings. The molecule has 0 radical (unpaired) electrons. The van der Waals surface area contributed by atoms with Gasteiger partial charge in [0, 0.05) is 0 Å². The zero-order chi connectivity index (χ0) is 17.1. The van der Waals surface area contributed by atoms with Crippen LogP contribution in [0.3, 0.4) is 0 Å². The second kappa shape index (κ2) is 5.97. The Labute approximate surface area is 156 Å². The average molecular weight is 397 g/mol. The number of nitrogens with zero attached hydrogens (tertiary/aromatic N) is 4. The number of hydrogen-bond donors (Lipinski definition) is 1. The molecule has 10 heteroatoms. The summed E-state index contributed by atoms with van der Waals surface area (Å²) in [4.78, 5) is 13.4. The lowest BCUT2D eigenvalue weighted by atomic mass is 10.1. The fourth-order valence-electron chi connectivity index (χ4n) is 3.20. The van der Waals surface area contributed by atoms with E-state index in [9.17, 15) is 5.11 Å². The first-order chi connectivity index (χ1) is 12.2. The highest BCUT2D eigenvalue weighted by Crippen LogP contribution is 2.40. The molecular formula is C15H13ClN4O3S2. The van der Waals surface area contributed by atoms with Gasteiger partial charge in [-0.3, -0.25) is 4.57 Å². The summed E-state index contributed by atoms with van der Waals surface area (Å²) >= 11 is 9.10. The van der Waals surface area contributed by atoms with Gasteiger partial charge in [-0.2, -0.15) is 0 Å². The highest BCUT2D eigenvalue weighted by Gasteiger charge is 2.34. The van der Waals surface area contributed by atoms with Crippen LogP contribution in [0, 0.1) is 0 Å². The van der Waals surface area contributed by atoms with Gasteiger partial charge in [-0.05, 0) is 30.2 Å². The topological polar surface area (TPSA) is 82.3 Å². The molecule has 4 heterocycles. The quantitative estimate of drug-likeness (QED) is 0.421. The molecule has 5 rings (SSSR count). The number of halogens is 1. The third-order valence-corrected chi connectivity index (χ3v) is 6.14. The minimum Gasteiger partial charge on any atom is -0.369 e. The van der Waals surface area contributed by atoms with Crippen molar-refractivity contribution in [2.45, 2.75) is 33.8 Å². The molecule has 1 aliphatic carbocycles. The minimum atomic E-state index is -0.989. The Balaban J connectivity index is 1.69. The zero-order valence-electron chi connectivity index (χ0n) is 13.0. The largest absolute Gasteiger partial charge is 0.369 e. The van der Waals surface area contributed by atoms with Crippen molar-refractivity contribution in [2.24, 2.45) is 0 Å². The summed E-state index contributed by atoms with van der Waals surface area (Å²) in [5, 5.41) is 14.6. The van der Waals surface area contributed by atoms with E-state index in [0.717, 1.165) is 10.7 Å². The van der Waals surface area contributed by atoms with Crippen molar-refractivity contribution in [1.82, 2.24) is 19.5 Å². The summed E-state index contributed by atoms with van der Waals surface area (Å²) in [5.41, 5.74) is 0.508. The van der Waals surface area contributed by atoms with E-state index in [-0.39, 0.29) is 17.4 Å². The molecule has 0 saturated carbocycles. The van der Waals surface area contributed by atoms with E-state index >= 15 is 0 Å². The Hall–Kier alpha value is -1.10. The SMILES string of the molecule is CSc1nc(Cl)c2c(n1)Sc1nc3c(n1C2O)=CC1OCCOC1C=3. The third kappa shape index (κ3) is 2.45. The van der Waals surface area contributed by atoms with Gasteiger partial charge in [0.25, 0.3) is 0 Å². The van der Waals surface area contributed by atoms with Crippen LogP contribution in [0.15, 0.2) is 15.3 Å². The predicted octanol–water partition coefficient (Wildman–Crippen LogP) is 0.411. The lowest BCUT2D eigenvalue weighted by molar-refractivity contribution is -0.0894. The number of aliphatic hydroxyl groups excluding tert-OH is 1. The van der Waals surface area contributed by atoms with Crippen LogP contribution in [-0.2, 0) is 9.47 Å². The van der Waals surface area contributed by atoms with Crippen LogP contribution >= 0.6 is 35.1 Å². The van der Waals surface area contributed by atoms with Gasteiger partial charge in [-0.15, -0.1) is 0 Å². The Kier molecular flexibility index (Phi) is 3.84. The summed E-state index contributed by atoms with van der Waals surface area (Å²) in [6, 6.07) is 0. The Morgan fingerprint density at radius 2 is 2.00 bits per heavy atom. The number of aliphatic hydroxyl groups is 1. The van der Waals surface area contributed by atoms with Gasteiger partial charge in [-0.1, -0.05) is 23.4 Å². The number of aromatic nitrogens is 4. The molecule has 130 valence electrons. The van der Waals surface area contributed by atoms with E-state index in [1.807, 2.05) is 18.4 Å². The summed E-state index contributed by atoms with van der Waals surface area (Å²) in [7, 11) is 0. The maximum absolute atomic E-state index is 10.9. The maximum Gasteiger partial charge on any atom is 0.189 e. The van der Waals surface area contributed by atoms with Crippen molar-refractivity contribution >= 4 is 47.3 Å². The molecule has 3 aliphatic rings. The monoisotopic (exact) mass is 396 g/mol. The Morgan fingerprint density at radius 3 is 2.76 bits per heavy atom. The minimum absolute atomic E-state index is 0.144. The highest BCUT2D eigenvalue weighted by molar-refractivity contribution is 7.99. The second-order valence-electron chi connectivity index (χ2n) is 5.73. The van der Waals surface area contributed by atoms with Gasteiger partial charge >= 0.3 is 0 Å². The summed E-state index contributed by atoms with van der Waals surface area (Å²) in [5.74, 6) is 0. The van der Waals surface area contributed by atoms with E-state index in [4.69, 9.17) is 21.1 Å². The van der Waals surface area contributed by atoms with E-state index in [1.54, 1.807) is 4.57 Å². The van der Waals surface area contributed by atoms with Crippen molar-refractivity contribution in [1.29, 1.82) is 0 Å². The fraction of sp³-hybridized carbons (Fsp3) is 0.400. The molecule has 25 heavy (non-hydrogen) atoms. The molecule has 0 amide bonds. The molecule has 7 nitrogen and oxygen atoms in total. The van der Waals surface area contributed by atoms with Gasteiger partial charge in [0.05, 0.1) is 29.5 Å². The number of imidazole rings is 1. The third-order valence-electron chi connectivity index (χ3n) is 4.33. The van der Waals surface area contributed by atoms with Crippen LogP contribution in [0.25, 0.3) is 12.2 Å². The van der Waals surface area contributed by atoms with Crippen LogP contribution in [0.1, 0.15) is 11.8 Å². The molecular weight excluding hydrogens is 384 g/mol. The Morgan fingerprint density at radius 1 is 1.24 bits per heavy atom. The first kappa shape index (κ1) is 16.1. The number of ether oxygens (including phenoxy) is 2. The van der Waals surface area contributed by atoms with Crippen molar-refractivity contribution in [3.05, 3.63) is 21.4 Å².